The van der Waals surface area contributed by atoms with E-state index >= 15 is 0 Å². The number of aromatic nitrogens is 4. The number of amides is 2. The van der Waals surface area contributed by atoms with Crippen LogP contribution in [0.5, 0.6) is 0 Å². The smallest absolute Gasteiger partial charge is 0.407 e. The maximum atomic E-state index is 13.2. The monoisotopic (exact) mass is 1010 g/mol. The van der Waals surface area contributed by atoms with Gasteiger partial charge in [-0.2, -0.15) is 0 Å². The van der Waals surface area contributed by atoms with E-state index in [-0.39, 0.29) is 47.5 Å². The zero-order chi connectivity index (χ0) is 51.7. The summed E-state index contributed by atoms with van der Waals surface area (Å²) in [4.78, 5) is 64.5. The van der Waals surface area contributed by atoms with Gasteiger partial charge in [-0.1, -0.05) is 146 Å². The minimum atomic E-state index is -0.916. The molecule has 0 spiro atoms. The summed E-state index contributed by atoms with van der Waals surface area (Å²) in [6.07, 6.45) is 4.66. The Morgan fingerprint density at radius 2 is 0.920 bits per heavy atom. The van der Waals surface area contributed by atoms with E-state index in [1.54, 1.807) is 9.47 Å². The molecule has 0 radical (unpaired) electrons. The molecule has 3 aliphatic heterocycles. The quantitative estimate of drug-likeness (QED) is 0.0660. The van der Waals surface area contributed by atoms with E-state index in [1.165, 1.54) is 27.2 Å². The lowest BCUT2D eigenvalue weighted by Gasteiger charge is -2.44. The average molecular weight is 1010 g/mol. The molecule has 14 heteroatoms. The number of likely N-dealkylation sites (tertiary alicyclic amines) is 1. The number of imidazole rings is 2. The van der Waals surface area contributed by atoms with Crippen LogP contribution < -0.4 is 11.4 Å². The van der Waals surface area contributed by atoms with Crippen molar-refractivity contribution in [2.75, 3.05) is 19.6 Å². The molecular weight excluding hydrogens is 941 g/mol. The molecule has 3 aliphatic rings. The zero-order valence-electron chi connectivity index (χ0n) is 42.4. The standard InChI is InChI=1S/C32H36N4O3.C29H32N4O3/c37-31-33-27-15-7-8-16-29(27)36(31)30-20-25-17-18-28(35(25)32(38)39)26(30)14-9-19-34(21-23-10-3-1-4-11-23)22-24-12-5-2-6-13-24;34-28-30-24-14-7-8-15-25(24)33(28)27-17-19-32(29(35)36)26(27)16-9-18-31(20-22-10-3-1-4-11-22)21-23-12-5-2-6-13-23/h1-8,10-13,15-16,25-26,28,30H,9,14,17-22H2,(H,33,37)(H,38,39);1-8,10-15,26-27H,9,16-21H2,(H,30,34)(H,35,36)/t;26-,27-/m.0/s1. The Hall–Kier alpha value is -7.68. The Bertz CT molecular complexity index is 3170. The van der Waals surface area contributed by atoms with E-state index in [0.29, 0.717) is 25.8 Å². The van der Waals surface area contributed by atoms with Gasteiger partial charge in [0.05, 0.1) is 34.2 Å². The maximum Gasteiger partial charge on any atom is 0.407 e. The van der Waals surface area contributed by atoms with Crippen LogP contribution in [0.3, 0.4) is 0 Å². The molecule has 8 aromatic rings. The summed E-state index contributed by atoms with van der Waals surface area (Å²) in [6.45, 7) is 5.55. The van der Waals surface area contributed by atoms with Crippen LogP contribution in [0.2, 0.25) is 0 Å². The number of rotatable bonds is 18. The Balaban J connectivity index is 0.000000172. The molecule has 6 atom stereocenters. The van der Waals surface area contributed by atoms with Crippen molar-refractivity contribution in [1.29, 1.82) is 0 Å². The number of nitrogens with one attached hydrogen (secondary N) is 2. The lowest BCUT2D eigenvalue weighted by Crippen LogP contribution is -2.52. The third-order valence-corrected chi connectivity index (χ3v) is 15.9. The molecule has 75 heavy (non-hydrogen) atoms. The first-order valence-corrected chi connectivity index (χ1v) is 26.7. The second-order valence-electron chi connectivity index (χ2n) is 20.6. The molecule has 6 aromatic carbocycles. The van der Waals surface area contributed by atoms with Gasteiger partial charge >= 0.3 is 23.6 Å². The molecule has 2 aromatic heterocycles. The molecule has 0 aliphatic carbocycles. The van der Waals surface area contributed by atoms with Crippen molar-refractivity contribution < 1.29 is 19.8 Å². The zero-order valence-corrected chi connectivity index (χ0v) is 42.4. The van der Waals surface area contributed by atoms with Crippen molar-refractivity contribution in [1.82, 2.24) is 38.7 Å². The molecule has 0 saturated carbocycles. The number of hydrogen-bond donors (Lipinski definition) is 4. The molecule has 2 bridgehead atoms. The van der Waals surface area contributed by atoms with Gasteiger partial charge in [0, 0.05) is 56.8 Å². The number of nitrogens with zero attached hydrogens (tertiary/aromatic N) is 6. The molecule has 4 unspecified atom stereocenters. The predicted octanol–water partition coefficient (Wildman–Crippen LogP) is 11.0. The Morgan fingerprint density at radius 3 is 1.37 bits per heavy atom. The van der Waals surface area contributed by atoms with E-state index in [1.807, 2.05) is 77.4 Å². The van der Waals surface area contributed by atoms with Crippen molar-refractivity contribution in [2.24, 2.45) is 5.92 Å². The van der Waals surface area contributed by atoms with Crippen LogP contribution in [-0.2, 0) is 26.2 Å². The number of para-hydroxylation sites is 4. The summed E-state index contributed by atoms with van der Waals surface area (Å²) in [7, 11) is 0. The third-order valence-electron chi connectivity index (χ3n) is 15.9. The number of H-pyrrole nitrogens is 2. The van der Waals surface area contributed by atoms with Gasteiger partial charge in [-0.25, -0.2) is 19.2 Å². The summed E-state index contributed by atoms with van der Waals surface area (Å²) >= 11 is 0. The highest BCUT2D eigenvalue weighted by Gasteiger charge is 2.50. The molecule has 3 fully saturated rings. The molecule has 2 amide bonds. The van der Waals surface area contributed by atoms with Crippen LogP contribution in [0, 0.1) is 5.92 Å². The van der Waals surface area contributed by atoms with Gasteiger partial charge in [0.15, 0.2) is 0 Å². The molecule has 14 nitrogen and oxygen atoms in total. The van der Waals surface area contributed by atoms with Crippen molar-refractivity contribution in [3.63, 3.8) is 0 Å². The molecule has 11 rings (SSSR count). The lowest BCUT2D eigenvalue weighted by atomic mass is 9.82. The van der Waals surface area contributed by atoms with Gasteiger partial charge < -0.3 is 30.0 Å². The SMILES string of the molecule is O=C(O)N1C2CCC1C(CCCN(Cc1ccccc1)Cc1ccccc1)C(n1c(=O)[nH]c3ccccc31)C2.O=C(O)N1CC[C@H](n2c(=O)[nH]c3ccccc32)[C@@H]1CCCN(Cc1ccccc1)Cc1ccccc1. The number of piperidine rings is 1. The normalized spacial score (nSPS) is 20.2. The average Bonchev–Trinajstić information content (AvgIpc) is 4.19. The van der Waals surface area contributed by atoms with Crippen LogP contribution in [0.15, 0.2) is 179 Å². The van der Waals surface area contributed by atoms with E-state index in [0.717, 1.165) is 93.4 Å². The highest BCUT2D eigenvalue weighted by Crippen LogP contribution is 2.47. The van der Waals surface area contributed by atoms with Crippen molar-refractivity contribution in [2.45, 2.75) is 108 Å². The highest BCUT2D eigenvalue weighted by molar-refractivity contribution is 5.76. The number of fused-ring (bicyclic) bond motifs is 4. The summed E-state index contributed by atoms with van der Waals surface area (Å²) in [5.41, 5.74) is 8.18. The Kier molecular flexibility index (Phi) is 16.0. The van der Waals surface area contributed by atoms with Crippen LogP contribution in [-0.4, -0.2) is 98.9 Å². The molecule has 3 saturated heterocycles. The first-order chi connectivity index (χ1) is 36.7. The highest BCUT2D eigenvalue weighted by atomic mass is 16.4. The maximum absolute atomic E-state index is 13.2. The predicted molar refractivity (Wildman–Crippen MR) is 294 cm³/mol. The van der Waals surface area contributed by atoms with Gasteiger partial charge in [0.2, 0.25) is 0 Å². The first kappa shape index (κ1) is 50.8. The summed E-state index contributed by atoms with van der Waals surface area (Å²) in [5.74, 6) is 0.0899. The molecule has 5 heterocycles. The second-order valence-corrected chi connectivity index (χ2v) is 20.6. The summed E-state index contributed by atoms with van der Waals surface area (Å²) in [5, 5.41) is 20.0. The molecule has 4 N–H and O–H groups in total. The minimum Gasteiger partial charge on any atom is -0.465 e. The minimum absolute atomic E-state index is 0.0153. The Labute approximate surface area is 437 Å². The van der Waals surface area contributed by atoms with E-state index < -0.39 is 12.2 Å². The van der Waals surface area contributed by atoms with Crippen molar-refractivity contribution in [3.8, 4) is 0 Å². The van der Waals surface area contributed by atoms with Gasteiger partial charge in [-0.05, 0) is 111 Å². The summed E-state index contributed by atoms with van der Waals surface area (Å²) < 4.78 is 3.70. The molecule has 388 valence electrons. The fraction of sp³-hybridized carbons (Fsp3) is 0.344. The number of hydrogen-bond acceptors (Lipinski definition) is 6. The third kappa shape index (κ3) is 11.8. The number of aromatic amines is 2. The Morgan fingerprint density at radius 1 is 0.493 bits per heavy atom. The van der Waals surface area contributed by atoms with Crippen LogP contribution in [0.4, 0.5) is 9.59 Å². The summed E-state index contributed by atoms with van der Waals surface area (Å²) in [6, 6.07) is 56.9. The van der Waals surface area contributed by atoms with E-state index in [2.05, 4.69) is 117 Å². The number of carboxylic acid groups (broad SMARTS) is 2. The first-order valence-electron chi connectivity index (χ1n) is 26.7. The second kappa shape index (κ2) is 23.7. The van der Waals surface area contributed by atoms with Crippen molar-refractivity contribution >= 4 is 34.3 Å². The van der Waals surface area contributed by atoms with E-state index in [4.69, 9.17) is 0 Å². The van der Waals surface area contributed by atoms with E-state index in [9.17, 15) is 29.4 Å². The largest absolute Gasteiger partial charge is 0.465 e. The topological polar surface area (TPSA) is 163 Å². The molecular formula is C61H68N8O6. The van der Waals surface area contributed by atoms with Gasteiger partial charge in [-0.15, -0.1) is 0 Å². The lowest BCUT2D eigenvalue weighted by molar-refractivity contribution is 0.0447. The number of carbonyl (C=O) groups is 2. The van der Waals surface area contributed by atoms with Gasteiger partial charge in [0.1, 0.15) is 0 Å². The van der Waals surface area contributed by atoms with Gasteiger partial charge in [0.25, 0.3) is 0 Å². The van der Waals surface area contributed by atoms with Crippen LogP contribution in [0.1, 0.15) is 85.7 Å². The van der Waals surface area contributed by atoms with Crippen LogP contribution >= 0.6 is 0 Å². The fourth-order valence-corrected chi connectivity index (χ4v) is 12.7. The number of benzene rings is 6. The van der Waals surface area contributed by atoms with Gasteiger partial charge in [-0.3, -0.25) is 18.9 Å². The van der Waals surface area contributed by atoms with Crippen LogP contribution in [0.25, 0.3) is 22.1 Å². The fourth-order valence-electron chi connectivity index (χ4n) is 12.7. The van der Waals surface area contributed by atoms with Crippen molar-refractivity contribution in [3.05, 3.63) is 213 Å².